The number of likely N-dealkylation sites (tertiary alicyclic amines) is 1. The van der Waals surface area contributed by atoms with Gasteiger partial charge in [-0.3, -0.25) is 14.5 Å². The van der Waals surface area contributed by atoms with Crippen LogP contribution in [0.4, 0.5) is 0 Å². The van der Waals surface area contributed by atoms with Crippen molar-refractivity contribution in [2.45, 2.75) is 19.8 Å². The summed E-state index contributed by atoms with van der Waals surface area (Å²) in [6.07, 6.45) is 2.21. The number of benzene rings is 1. The van der Waals surface area contributed by atoms with Crippen molar-refractivity contribution in [2.24, 2.45) is 5.92 Å². The van der Waals surface area contributed by atoms with E-state index in [-0.39, 0.29) is 11.8 Å². The normalized spacial score (nSPS) is 22.8. The Morgan fingerprint density at radius 1 is 1.14 bits per heavy atom. The van der Waals surface area contributed by atoms with Crippen LogP contribution >= 0.6 is 11.6 Å². The maximum absolute atomic E-state index is 12.6. The number of nitrogens with zero attached hydrogens (tertiary/aromatic N) is 2. The van der Waals surface area contributed by atoms with Gasteiger partial charge in [-0.2, -0.15) is 0 Å². The summed E-state index contributed by atoms with van der Waals surface area (Å²) in [7, 11) is 1.54. The first-order chi connectivity index (χ1) is 10.5. The Labute approximate surface area is 135 Å². The molecule has 1 atom stereocenters. The Kier molecular flexibility index (Phi) is 3.96. The third-order valence-corrected chi connectivity index (χ3v) is 4.62. The Morgan fingerprint density at radius 2 is 1.82 bits per heavy atom. The van der Waals surface area contributed by atoms with E-state index in [9.17, 15) is 9.59 Å². The fourth-order valence-electron chi connectivity index (χ4n) is 3.19. The molecule has 1 aromatic rings. The molecule has 0 bridgehead atoms. The molecule has 1 saturated heterocycles. The number of carbonyl (C=O) groups is 2. The maximum Gasteiger partial charge on any atom is 0.277 e. The minimum Gasteiger partial charge on any atom is -0.366 e. The molecule has 0 spiro atoms. The second-order valence-corrected chi connectivity index (χ2v) is 6.53. The van der Waals surface area contributed by atoms with E-state index in [1.807, 2.05) is 0 Å². The number of imide groups is 1. The average Bonchev–Trinajstić information content (AvgIpc) is 2.72. The van der Waals surface area contributed by atoms with Crippen LogP contribution in [-0.4, -0.2) is 41.8 Å². The lowest BCUT2D eigenvalue weighted by atomic mass is 9.98. The largest absolute Gasteiger partial charge is 0.366 e. The lowest BCUT2D eigenvalue weighted by Crippen LogP contribution is -2.38. The highest BCUT2D eigenvalue weighted by atomic mass is 35.5. The first kappa shape index (κ1) is 15.1. The van der Waals surface area contributed by atoms with Gasteiger partial charge >= 0.3 is 0 Å². The standard InChI is InChI=1S/C17H19ClN2O2/c1-11-4-3-9-20(10-11)15-14(16(21)19(2)17(15)22)12-5-7-13(18)8-6-12/h5-8,11H,3-4,9-10H2,1-2H3. The molecule has 0 aromatic heterocycles. The molecular formula is C17H19ClN2O2. The van der Waals surface area contributed by atoms with E-state index in [1.165, 1.54) is 4.90 Å². The fraction of sp³-hybridized carbons (Fsp3) is 0.412. The van der Waals surface area contributed by atoms with E-state index in [0.29, 0.717) is 22.2 Å². The van der Waals surface area contributed by atoms with E-state index in [2.05, 4.69) is 11.8 Å². The number of likely N-dealkylation sites (N-methyl/N-ethyl adjacent to an activating group) is 1. The van der Waals surface area contributed by atoms with Gasteiger partial charge in [0.2, 0.25) is 0 Å². The molecule has 2 aliphatic rings. The summed E-state index contributed by atoms with van der Waals surface area (Å²) >= 11 is 5.93. The summed E-state index contributed by atoms with van der Waals surface area (Å²) in [5.74, 6) is 0.0890. The van der Waals surface area contributed by atoms with E-state index in [4.69, 9.17) is 11.6 Å². The predicted octanol–water partition coefficient (Wildman–Crippen LogP) is 2.78. The fourth-order valence-corrected chi connectivity index (χ4v) is 3.32. The molecule has 3 rings (SSSR count). The molecule has 2 amide bonds. The first-order valence-corrected chi connectivity index (χ1v) is 7.94. The van der Waals surface area contributed by atoms with Crippen LogP contribution in [0.3, 0.4) is 0 Å². The number of hydrogen-bond acceptors (Lipinski definition) is 3. The highest BCUT2D eigenvalue weighted by molar-refractivity contribution is 6.35. The van der Waals surface area contributed by atoms with Crippen LogP contribution in [0.15, 0.2) is 30.0 Å². The van der Waals surface area contributed by atoms with Crippen molar-refractivity contribution in [3.8, 4) is 0 Å². The van der Waals surface area contributed by atoms with E-state index < -0.39 is 0 Å². The summed E-state index contributed by atoms with van der Waals surface area (Å²) in [6, 6.07) is 7.09. The highest BCUT2D eigenvalue weighted by Crippen LogP contribution is 2.33. The molecule has 2 heterocycles. The minimum atomic E-state index is -0.236. The number of rotatable bonds is 2. The van der Waals surface area contributed by atoms with Crippen molar-refractivity contribution in [1.82, 2.24) is 9.80 Å². The van der Waals surface area contributed by atoms with Crippen LogP contribution in [0.5, 0.6) is 0 Å². The molecule has 1 fully saturated rings. The molecule has 0 aliphatic carbocycles. The molecule has 116 valence electrons. The zero-order valence-corrected chi connectivity index (χ0v) is 13.6. The Morgan fingerprint density at radius 3 is 2.45 bits per heavy atom. The van der Waals surface area contributed by atoms with Crippen LogP contribution < -0.4 is 0 Å². The van der Waals surface area contributed by atoms with Crippen LogP contribution in [0.2, 0.25) is 5.02 Å². The molecule has 0 saturated carbocycles. The average molecular weight is 319 g/mol. The van der Waals surface area contributed by atoms with Crippen molar-refractivity contribution in [3.05, 3.63) is 40.5 Å². The number of halogens is 1. The Hall–Kier alpha value is -1.81. The second-order valence-electron chi connectivity index (χ2n) is 6.09. The van der Waals surface area contributed by atoms with Crippen molar-refractivity contribution in [1.29, 1.82) is 0 Å². The summed E-state index contributed by atoms with van der Waals surface area (Å²) in [5, 5.41) is 0.614. The molecule has 0 radical (unpaired) electrons. The monoisotopic (exact) mass is 318 g/mol. The quantitative estimate of drug-likeness (QED) is 0.787. The topological polar surface area (TPSA) is 40.6 Å². The van der Waals surface area contributed by atoms with Crippen molar-refractivity contribution >= 4 is 29.0 Å². The first-order valence-electron chi connectivity index (χ1n) is 7.56. The molecule has 0 N–H and O–H groups in total. The van der Waals surface area contributed by atoms with Gasteiger partial charge < -0.3 is 4.90 Å². The number of piperidine rings is 1. The smallest absolute Gasteiger partial charge is 0.277 e. The van der Waals surface area contributed by atoms with E-state index in [0.717, 1.165) is 31.5 Å². The predicted molar refractivity (Wildman–Crippen MR) is 86.1 cm³/mol. The van der Waals surface area contributed by atoms with Gasteiger partial charge in [0.15, 0.2) is 0 Å². The summed E-state index contributed by atoms with van der Waals surface area (Å²) in [5.41, 5.74) is 1.79. The van der Waals surface area contributed by atoms with Crippen LogP contribution in [-0.2, 0) is 9.59 Å². The van der Waals surface area contributed by atoms with Crippen molar-refractivity contribution in [2.75, 3.05) is 20.1 Å². The summed E-state index contributed by atoms with van der Waals surface area (Å²) in [4.78, 5) is 28.4. The third kappa shape index (κ3) is 2.52. The molecule has 2 aliphatic heterocycles. The van der Waals surface area contributed by atoms with Crippen LogP contribution in [0, 0.1) is 5.92 Å². The molecule has 5 heteroatoms. The lowest BCUT2D eigenvalue weighted by molar-refractivity contribution is -0.136. The molecular weight excluding hydrogens is 300 g/mol. The molecule has 1 unspecified atom stereocenters. The minimum absolute atomic E-state index is 0.205. The number of hydrogen-bond donors (Lipinski definition) is 0. The summed E-state index contributed by atoms with van der Waals surface area (Å²) in [6.45, 7) is 3.82. The van der Waals surface area contributed by atoms with Crippen LogP contribution in [0.1, 0.15) is 25.3 Å². The van der Waals surface area contributed by atoms with Gasteiger partial charge in [0, 0.05) is 25.2 Å². The Bertz CT molecular complexity index is 651. The van der Waals surface area contributed by atoms with Gasteiger partial charge in [-0.05, 0) is 36.5 Å². The Balaban J connectivity index is 2.08. The van der Waals surface area contributed by atoms with E-state index >= 15 is 0 Å². The van der Waals surface area contributed by atoms with Gasteiger partial charge in [-0.25, -0.2) is 0 Å². The lowest BCUT2D eigenvalue weighted by Gasteiger charge is -2.33. The molecule has 4 nitrogen and oxygen atoms in total. The van der Waals surface area contributed by atoms with E-state index in [1.54, 1.807) is 31.3 Å². The van der Waals surface area contributed by atoms with Gasteiger partial charge in [0.1, 0.15) is 5.70 Å². The third-order valence-electron chi connectivity index (χ3n) is 4.37. The zero-order valence-electron chi connectivity index (χ0n) is 12.8. The zero-order chi connectivity index (χ0) is 15.9. The summed E-state index contributed by atoms with van der Waals surface area (Å²) < 4.78 is 0. The van der Waals surface area contributed by atoms with Gasteiger partial charge in [-0.15, -0.1) is 0 Å². The van der Waals surface area contributed by atoms with Gasteiger partial charge in [0.25, 0.3) is 11.8 Å². The van der Waals surface area contributed by atoms with Crippen molar-refractivity contribution < 1.29 is 9.59 Å². The van der Waals surface area contributed by atoms with Gasteiger partial charge in [-0.1, -0.05) is 30.7 Å². The SMILES string of the molecule is CC1CCCN(C2=C(c3ccc(Cl)cc3)C(=O)N(C)C2=O)C1. The molecule has 22 heavy (non-hydrogen) atoms. The second kappa shape index (κ2) is 5.76. The number of carbonyl (C=O) groups excluding carboxylic acids is 2. The van der Waals surface area contributed by atoms with Crippen LogP contribution in [0.25, 0.3) is 5.57 Å². The van der Waals surface area contributed by atoms with Crippen molar-refractivity contribution in [3.63, 3.8) is 0 Å². The molecule has 1 aromatic carbocycles. The highest BCUT2D eigenvalue weighted by Gasteiger charge is 2.40. The maximum atomic E-state index is 12.6. The van der Waals surface area contributed by atoms with Gasteiger partial charge in [0.05, 0.1) is 5.57 Å². The number of amides is 2.